The van der Waals surface area contributed by atoms with Gasteiger partial charge in [-0.1, -0.05) is 48.5 Å². The topological polar surface area (TPSA) is 66.5 Å². The number of aryl methyl sites for hydroxylation is 2. The number of nitrogens with zero attached hydrogens (tertiary/aromatic N) is 1. The van der Waals surface area contributed by atoms with E-state index in [-0.39, 0.29) is 19.0 Å². The van der Waals surface area contributed by atoms with Crippen LogP contribution >= 0.6 is 0 Å². The van der Waals surface area contributed by atoms with Crippen LogP contribution in [0.25, 0.3) is 0 Å². The first-order chi connectivity index (χ1) is 11.8. The maximum Gasteiger partial charge on any atom is 0.235 e. The molecule has 2 aromatic carbocycles. The molecule has 0 aliphatic rings. The maximum absolute atomic E-state index is 12.2. The number of rotatable bonds is 7. The summed E-state index contributed by atoms with van der Waals surface area (Å²) in [6, 6.07) is 15.3. The molecule has 0 atom stereocenters. The van der Waals surface area contributed by atoms with Gasteiger partial charge in [0.25, 0.3) is 0 Å². The summed E-state index contributed by atoms with van der Waals surface area (Å²) in [6.45, 7) is 4.27. The molecule has 0 fully saturated rings. The van der Waals surface area contributed by atoms with Crippen LogP contribution in [0.5, 0.6) is 0 Å². The number of amides is 1. The fourth-order valence-corrected chi connectivity index (χ4v) is 3.21. The molecule has 0 aromatic heterocycles. The minimum atomic E-state index is -3.49. The molecule has 2 aromatic rings. The highest BCUT2D eigenvalue weighted by Crippen LogP contribution is 2.13. The predicted molar refractivity (Wildman–Crippen MR) is 99.5 cm³/mol. The van der Waals surface area contributed by atoms with Gasteiger partial charge in [-0.2, -0.15) is 4.31 Å². The summed E-state index contributed by atoms with van der Waals surface area (Å²) in [4.78, 5) is 12.2. The summed E-state index contributed by atoms with van der Waals surface area (Å²) in [5.74, 6) is -0.317. The van der Waals surface area contributed by atoms with Gasteiger partial charge in [0.2, 0.25) is 15.9 Å². The van der Waals surface area contributed by atoms with E-state index >= 15 is 0 Å². The second-order valence-electron chi connectivity index (χ2n) is 6.16. The Kier molecular flexibility index (Phi) is 6.33. The molecule has 0 radical (unpaired) electrons. The van der Waals surface area contributed by atoms with Crippen LogP contribution in [-0.2, 0) is 27.9 Å². The molecule has 0 spiro atoms. The maximum atomic E-state index is 12.2. The van der Waals surface area contributed by atoms with Crippen LogP contribution < -0.4 is 5.32 Å². The third kappa shape index (κ3) is 5.69. The zero-order valence-corrected chi connectivity index (χ0v) is 15.6. The van der Waals surface area contributed by atoms with Crippen molar-refractivity contribution in [3.63, 3.8) is 0 Å². The van der Waals surface area contributed by atoms with Gasteiger partial charge in [0.05, 0.1) is 12.8 Å². The van der Waals surface area contributed by atoms with E-state index in [4.69, 9.17) is 0 Å². The standard InChI is InChI=1S/C19H24N2O3S/c1-15-8-4-6-10-17(15)12-20-19(22)14-21(25(3,23)24)13-18-11-7-5-9-16(18)2/h4-11H,12-14H2,1-3H3,(H,20,22). The second-order valence-corrected chi connectivity index (χ2v) is 8.14. The molecule has 0 aliphatic carbocycles. The van der Waals surface area contributed by atoms with Crippen molar-refractivity contribution in [1.82, 2.24) is 9.62 Å². The summed E-state index contributed by atoms with van der Waals surface area (Å²) in [6.07, 6.45) is 1.12. The molecule has 0 aliphatic heterocycles. The summed E-state index contributed by atoms with van der Waals surface area (Å²) < 4.78 is 25.3. The molecule has 1 N–H and O–H groups in total. The molecule has 25 heavy (non-hydrogen) atoms. The Labute approximate surface area is 149 Å². The molecule has 0 saturated carbocycles. The largest absolute Gasteiger partial charge is 0.351 e. The molecule has 134 valence electrons. The number of sulfonamides is 1. The number of hydrogen-bond donors (Lipinski definition) is 1. The van der Waals surface area contributed by atoms with Gasteiger partial charge in [-0.05, 0) is 36.1 Å². The number of nitrogens with one attached hydrogen (secondary N) is 1. The molecule has 1 amide bonds. The normalized spacial score (nSPS) is 11.5. The number of carbonyl (C=O) groups is 1. The van der Waals surface area contributed by atoms with Crippen molar-refractivity contribution in [3.05, 3.63) is 70.8 Å². The van der Waals surface area contributed by atoms with Crippen LogP contribution in [0.15, 0.2) is 48.5 Å². The van der Waals surface area contributed by atoms with Crippen molar-refractivity contribution in [1.29, 1.82) is 0 Å². The molecular weight excluding hydrogens is 336 g/mol. The van der Waals surface area contributed by atoms with Gasteiger partial charge < -0.3 is 5.32 Å². The SMILES string of the molecule is Cc1ccccc1CNC(=O)CN(Cc1ccccc1C)S(C)(=O)=O. The molecule has 0 unspecified atom stereocenters. The van der Waals surface area contributed by atoms with E-state index in [2.05, 4.69) is 5.32 Å². The third-order valence-electron chi connectivity index (χ3n) is 4.13. The molecule has 5 nitrogen and oxygen atoms in total. The zero-order valence-electron chi connectivity index (χ0n) is 14.8. The second kappa shape index (κ2) is 8.27. The first-order valence-electron chi connectivity index (χ1n) is 8.08. The summed E-state index contributed by atoms with van der Waals surface area (Å²) >= 11 is 0. The average molecular weight is 360 g/mol. The molecule has 2 rings (SSSR count). The highest BCUT2D eigenvalue weighted by atomic mass is 32.2. The number of carbonyl (C=O) groups excluding carboxylic acids is 1. The quantitative estimate of drug-likeness (QED) is 0.824. The van der Waals surface area contributed by atoms with Crippen molar-refractivity contribution in [3.8, 4) is 0 Å². The Bertz CT molecular complexity index is 847. The van der Waals surface area contributed by atoms with Gasteiger partial charge >= 0.3 is 0 Å². The Morgan fingerprint density at radius 2 is 1.48 bits per heavy atom. The van der Waals surface area contributed by atoms with Gasteiger partial charge in [-0.3, -0.25) is 4.79 Å². The Morgan fingerprint density at radius 1 is 0.960 bits per heavy atom. The van der Waals surface area contributed by atoms with E-state index in [1.807, 2.05) is 62.4 Å². The van der Waals surface area contributed by atoms with Gasteiger partial charge in [0, 0.05) is 13.1 Å². The lowest BCUT2D eigenvalue weighted by Crippen LogP contribution is -2.39. The first kappa shape index (κ1) is 19.1. The Balaban J connectivity index is 2.03. The van der Waals surface area contributed by atoms with Crippen molar-refractivity contribution in [2.75, 3.05) is 12.8 Å². The molecule has 0 saturated heterocycles. The van der Waals surface area contributed by atoms with Gasteiger partial charge in [0.15, 0.2) is 0 Å². The number of benzene rings is 2. The van der Waals surface area contributed by atoms with E-state index in [9.17, 15) is 13.2 Å². The smallest absolute Gasteiger partial charge is 0.235 e. The fraction of sp³-hybridized carbons (Fsp3) is 0.316. The van der Waals surface area contributed by atoms with Crippen LogP contribution in [0, 0.1) is 13.8 Å². The lowest BCUT2D eigenvalue weighted by Gasteiger charge is -2.20. The van der Waals surface area contributed by atoms with Crippen LogP contribution in [0.3, 0.4) is 0 Å². The van der Waals surface area contributed by atoms with E-state index in [1.165, 1.54) is 4.31 Å². The predicted octanol–water partition coefficient (Wildman–Crippen LogP) is 2.38. The van der Waals surface area contributed by atoms with Crippen LogP contribution in [0.1, 0.15) is 22.3 Å². The van der Waals surface area contributed by atoms with Gasteiger partial charge in [0.1, 0.15) is 0 Å². The van der Waals surface area contributed by atoms with E-state index in [0.717, 1.165) is 28.5 Å². The Morgan fingerprint density at radius 3 is 2.00 bits per heavy atom. The molecule has 6 heteroatoms. The van der Waals surface area contributed by atoms with E-state index in [1.54, 1.807) is 0 Å². The molecule has 0 bridgehead atoms. The van der Waals surface area contributed by atoms with Crippen molar-refractivity contribution < 1.29 is 13.2 Å². The number of hydrogen-bond acceptors (Lipinski definition) is 3. The summed E-state index contributed by atoms with van der Waals surface area (Å²) in [7, 11) is -3.49. The highest BCUT2D eigenvalue weighted by molar-refractivity contribution is 7.88. The lowest BCUT2D eigenvalue weighted by atomic mass is 10.1. The lowest BCUT2D eigenvalue weighted by molar-refractivity contribution is -0.121. The minimum Gasteiger partial charge on any atom is -0.351 e. The highest BCUT2D eigenvalue weighted by Gasteiger charge is 2.21. The van der Waals surface area contributed by atoms with Crippen LogP contribution in [0.4, 0.5) is 0 Å². The van der Waals surface area contributed by atoms with Gasteiger partial charge in [-0.15, -0.1) is 0 Å². The Hall–Kier alpha value is -2.18. The van der Waals surface area contributed by atoms with E-state index < -0.39 is 10.0 Å². The third-order valence-corrected chi connectivity index (χ3v) is 5.33. The minimum absolute atomic E-state index is 0.184. The van der Waals surface area contributed by atoms with Crippen molar-refractivity contribution in [2.45, 2.75) is 26.9 Å². The monoisotopic (exact) mass is 360 g/mol. The van der Waals surface area contributed by atoms with Crippen molar-refractivity contribution >= 4 is 15.9 Å². The first-order valence-corrected chi connectivity index (χ1v) is 9.93. The van der Waals surface area contributed by atoms with E-state index in [0.29, 0.717) is 6.54 Å². The van der Waals surface area contributed by atoms with Crippen LogP contribution in [-0.4, -0.2) is 31.4 Å². The fourth-order valence-electron chi connectivity index (χ4n) is 2.49. The molecule has 0 heterocycles. The average Bonchev–Trinajstić information content (AvgIpc) is 2.54. The summed E-state index contributed by atoms with van der Waals surface area (Å²) in [5, 5.41) is 2.80. The van der Waals surface area contributed by atoms with Crippen LogP contribution in [0.2, 0.25) is 0 Å². The van der Waals surface area contributed by atoms with Gasteiger partial charge in [-0.25, -0.2) is 8.42 Å². The summed E-state index contributed by atoms with van der Waals surface area (Å²) in [5.41, 5.74) is 3.99. The molecular formula is C19H24N2O3S. The van der Waals surface area contributed by atoms with Crippen molar-refractivity contribution in [2.24, 2.45) is 0 Å². The zero-order chi connectivity index (χ0) is 18.4.